The molecule has 2 nitrogen and oxygen atoms in total. The molecular weight excluding hydrogens is 192 g/mol. The van der Waals surface area contributed by atoms with Gasteiger partial charge in [-0.25, -0.2) is 4.98 Å². The Morgan fingerprint density at radius 1 is 1.29 bits per heavy atom. The fourth-order valence-electron chi connectivity index (χ4n) is 2.11. The summed E-state index contributed by atoms with van der Waals surface area (Å²) in [5.74, 6) is 1.57. The van der Waals surface area contributed by atoms with E-state index in [0.717, 1.165) is 24.9 Å². The van der Waals surface area contributed by atoms with Gasteiger partial charge in [0.05, 0.1) is 10.7 Å². The summed E-state index contributed by atoms with van der Waals surface area (Å²) in [6, 6.07) is 0. The predicted molar refractivity (Wildman–Crippen MR) is 59.1 cm³/mol. The fourth-order valence-corrected chi connectivity index (χ4v) is 3.45. The van der Waals surface area contributed by atoms with Gasteiger partial charge >= 0.3 is 0 Å². The largest absolute Gasteiger partial charge is 0.315 e. The minimum absolute atomic E-state index is 0.765. The third-order valence-corrected chi connectivity index (χ3v) is 4.94. The molecule has 0 aromatic carbocycles. The maximum Gasteiger partial charge on any atom is 0.0962 e. The van der Waals surface area contributed by atoms with Crippen LogP contribution in [0.1, 0.15) is 46.7 Å². The van der Waals surface area contributed by atoms with Crippen LogP contribution in [0.3, 0.4) is 0 Å². The molecule has 14 heavy (non-hydrogen) atoms. The van der Waals surface area contributed by atoms with Gasteiger partial charge in [-0.15, -0.1) is 11.3 Å². The molecule has 1 aliphatic carbocycles. The van der Waals surface area contributed by atoms with E-state index in [4.69, 9.17) is 4.98 Å². The van der Waals surface area contributed by atoms with Crippen LogP contribution in [0, 0.1) is 6.92 Å². The Kier molecular flexibility index (Phi) is 2.10. The van der Waals surface area contributed by atoms with Crippen molar-refractivity contribution in [1.29, 1.82) is 0 Å². The van der Waals surface area contributed by atoms with Crippen molar-refractivity contribution in [3.63, 3.8) is 0 Å². The molecule has 2 fully saturated rings. The van der Waals surface area contributed by atoms with Gasteiger partial charge in [0.1, 0.15) is 0 Å². The Morgan fingerprint density at radius 2 is 2.07 bits per heavy atom. The zero-order chi connectivity index (χ0) is 9.54. The average molecular weight is 208 g/mol. The van der Waals surface area contributed by atoms with E-state index in [9.17, 15) is 0 Å². The van der Waals surface area contributed by atoms with Gasteiger partial charge in [-0.05, 0) is 19.8 Å². The highest BCUT2D eigenvalue weighted by atomic mass is 32.1. The van der Waals surface area contributed by atoms with Gasteiger partial charge in [0.25, 0.3) is 0 Å². The lowest BCUT2D eigenvalue weighted by molar-refractivity contribution is 0.418. The summed E-state index contributed by atoms with van der Waals surface area (Å²) in [6.07, 6.45) is 4.15. The molecule has 0 atom stereocenters. The Labute approximate surface area is 88.7 Å². The van der Waals surface area contributed by atoms with Crippen molar-refractivity contribution >= 4 is 11.3 Å². The van der Waals surface area contributed by atoms with E-state index in [-0.39, 0.29) is 0 Å². The number of rotatable bonds is 2. The number of aryl methyl sites for hydroxylation is 1. The number of aromatic nitrogens is 1. The molecule has 1 N–H and O–H groups in total. The molecule has 3 rings (SSSR count). The number of thiazole rings is 1. The molecule has 0 spiro atoms. The Hall–Kier alpha value is -0.410. The van der Waals surface area contributed by atoms with Crippen LogP contribution in [0.25, 0.3) is 0 Å². The van der Waals surface area contributed by atoms with Crippen molar-refractivity contribution in [2.24, 2.45) is 0 Å². The van der Waals surface area contributed by atoms with Crippen molar-refractivity contribution < 1.29 is 0 Å². The van der Waals surface area contributed by atoms with Crippen LogP contribution in [0.4, 0.5) is 0 Å². The van der Waals surface area contributed by atoms with Gasteiger partial charge in [0, 0.05) is 29.8 Å². The molecule has 1 aliphatic heterocycles. The van der Waals surface area contributed by atoms with E-state index in [1.165, 1.54) is 30.0 Å². The first-order valence-electron chi connectivity index (χ1n) is 5.52. The highest BCUT2D eigenvalue weighted by molar-refractivity contribution is 7.12. The molecule has 0 bridgehead atoms. The van der Waals surface area contributed by atoms with Crippen molar-refractivity contribution in [2.45, 2.75) is 38.0 Å². The number of nitrogens with zero attached hydrogens (tertiary/aromatic N) is 1. The molecule has 0 amide bonds. The van der Waals surface area contributed by atoms with Gasteiger partial charge in [-0.3, -0.25) is 0 Å². The summed E-state index contributed by atoms with van der Waals surface area (Å²) in [7, 11) is 0. The topological polar surface area (TPSA) is 24.9 Å². The average Bonchev–Trinajstić information content (AvgIpc) is 2.25. The van der Waals surface area contributed by atoms with Gasteiger partial charge in [-0.1, -0.05) is 6.42 Å². The van der Waals surface area contributed by atoms with Crippen LogP contribution in [0.5, 0.6) is 0 Å². The fraction of sp³-hybridized carbons (Fsp3) is 0.727. The molecule has 76 valence electrons. The van der Waals surface area contributed by atoms with E-state index >= 15 is 0 Å². The predicted octanol–water partition coefficient (Wildman–Crippen LogP) is 2.41. The molecule has 1 aromatic rings. The standard InChI is InChI=1S/C11H16N2S/c1-7-10(9-5-12-6-9)14-11(13-7)8-3-2-4-8/h8-9,12H,2-6H2,1H3. The highest BCUT2D eigenvalue weighted by Gasteiger charge is 2.28. The van der Waals surface area contributed by atoms with E-state index in [0.29, 0.717) is 0 Å². The van der Waals surface area contributed by atoms with Crippen LogP contribution >= 0.6 is 11.3 Å². The second kappa shape index (κ2) is 3.31. The van der Waals surface area contributed by atoms with Crippen molar-refractivity contribution in [3.8, 4) is 0 Å². The lowest BCUT2D eigenvalue weighted by Crippen LogP contribution is -2.39. The molecule has 0 unspecified atom stereocenters. The van der Waals surface area contributed by atoms with E-state index in [1.807, 2.05) is 11.3 Å². The quantitative estimate of drug-likeness (QED) is 0.807. The van der Waals surface area contributed by atoms with Crippen molar-refractivity contribution in [1.82, 2.24) is 10.3 Å². The van der Waals surface area contributed by atoms with E-state index in [2.05, 4.69) is 12.2 Å². The summed E-state index contributed by atoms with van der Waals surface area (Å²) < 4.78 is 0. The first kappa shape index (κ1) is 8.86. The lowest BCUT2D eigenvalue weighted by atomic mass is 9.86. The molecule has 1 aromatic heterocycles. The van der Waals surface area contributed by atoms with Crippen LogP contribution in [0.2, 0.25) is 0 Å². The van der Waals surface area contributed by atoms with Gasteiger partial charge in [0.2, 0.25) is 0 Å². The summed E-state index contributed by atoms with van der Waals surface area (Å²) in [5, 5.41) is 4.74. The molecule has 1 saturated heterocycles. The lowest BCUT2D eigenvalue weighted by Gasteiger charge is -2.26. The second-order valence-corrected chi connectivity index (χ2v) is 5.55. The highest BCUT2D eigenvalue weighted by Crippen LogP contribution is 2.41. The minimum Gasteiger partial charge on any atom is -0.315 e. The Bertz CT molecular complexity index is 337. The molecule has 1 saturated carbocycles. The zero-order valence-electron chi connectivity index (χ0n) is 8.55. The van der Waals surface area contributed by atoms with Gasteiger partial charge in [-0.2, -0.15) is 0 Å². The first-order chi connectivity index (χ1) is 6.84. The van der Waals surface area contributed by atoms with Gasteiger partial charge in [0.15, 0.2) is 0 Å². The van der Waals surface area contributed by atoms with Crippen LogP contribution < -0.4 is 5.32 Å². The monoisotopic (exact) mass is 208 g/mol. The number of hydrogen-bond acceptors (Lipinski definition) is 3. The molecular formula is C11H16N2S. The van der Waals surface area contributed by atoms with Crippen LogP contribution in [-0.4, -0.2) is 18.1 Å². The number of nitrogens with one attached hydrogen (secondary N) is 1. The SMILES string of the molecule is Cc1nc(C2CCC2)sc1C1CNC1. The normalized spacial score (nSPS) is 23.2. The Morgan fingerprint density at radius 3 is 2.57 bits per heavy atom. The maximum atomic E-state index is 4.73. The number of hydrogen-bond donors (Lipinski definition) is 1. The summed E-state index contributed by atoms with van der Waals surface area (Å²) in [5.41, 5.74) is 1.29. The van der Waals surface area contributed by atoms with E-state index < -0.39 is 0 Å². The molecule has 0 radical (unpaired) electrons. The Balaban J connectivity index is 1.84. The van der Waals surface area contributed by atoms with Crippen molar-refractivity contribution in [2.75, 3.05) is 13.1 Å². The summed E-state index contributed by atoms with van der Waals surface area (Å²) in [6.45, 7) is 4.49. The molecule has 3 heteroatoms. The maximum absolute atomic E-state index is 4.73. The second-order valence-electron chi connectivity index (χ2n) is 4.48. The zero-order valence-corrected chi connectivity index (χ0v) is 9.36. The summed E-state index contributed by atoms with van der Waals surface area (Å²) >= 11 is 1.98. The van der Waals surface area contributed by atoms with Crippen molar-refractivity contribution in [3.05, 3.63) is 15.6 Å². The molecule has 2 aliphatic rings. The molecule has 2 heterocycles. The van der Waals surface area contributed by atoms with E-state index in [1.54, 1.807) is 4.88 Å². The van der Waals surface area contributed by atoms with Crippen LogP contribution in [-0.2, 0) is 0 Å². The van der Waals surface area contributed by atoms with Gasteiger partial charge < -0.3 is 5.32 Å². The smallest absolute Gasteiger partial charge is 0.0962 e. The third kappa shape index (κ3) is 1.30. The first-order valence-corrected chi connectivity index (χ1v) is 6.34. The summed E-state index contributed by atoms with van der Waals surface area (Å²) in [4.78, 5) is 6.27. The minimum atomic E-state index is 0.765. The third-order valence-electron chi connectivity index (χ3n) is 3.46. The van der Waals surface area contributed by atoms with Crippen LogP contribution in [0.15, 0.2) is 0 Å².